The molecule has 0 bridgehead atoms. The summed E-state index contributed by atoms with van der Waals surface area (Å²) in [5.74, 6) is -0.327. The van der Waals surface area contributed by atoms with Gasteiger partial charge in [-0.2, -0.15) is 43.5 Å². The molecule has 0 unspecified atom stereocenters. The largest absolute Gasteiger partial charge is 0.469 e. The first-order valence-corrected chi connectivity index (χ1v) is 9.73. The van der Waals surface area contributed by atoms with Crippen LogP contribution in [0.2, 0.25) is 0 Å². The monoisotopic (exact) mass is 543 g/mol. The number of carbonyl (C=O) groups excluding carboxylic acids is 1. The number of benzene rings is 1. The quantitative estimate of drug-likeness (QED) is 0.236. The van der Waals surface area contributed by atoms with Gasteiger partial charge in [-0.3, -0.25) is 4.79 Å². The second kappa shape index (κ2) is 19.9. The minimum absolute atomic E-state index is 0. The van der Waals surface area contributed by atoms with Crippen molar-refractivity contribution in [3.63, 3.8) is 0 Å². The predicted octanol–water partition coefficient (Wildman–Crippen LogP) is 3.97. The van der Waals surface area contributed by atoms with E-state index >= 15 is 0 Å². The van der Waals surface area contributed by atoms with Crippen molar-refractivity contribution in [2.24, 2.45) is 0 Å². The number of aliphatic hydroxyl groups excluding tert-OH is 3. The molecule has 0 amide bonds. The Bertz CT molecular complexity index is 744. The molecule has 1 rings (SSSR count). The number of hydrogen-bond acceptors (Lipinski definition) is 5. The van der Waals surface area contributed by atoms with Crippen LogP contribution >= 0.6 is 0 Å². The fourth-order valence-corrected chi connectivity index (χ4v) is 2.05. The van der Waals surface area contributed by atoms with E-state index in [9.17, 15) is 28.2 Å². The van der Waals surface area contributed by atoms with Gasteiger partial charge in [0.05, 0.1) is 19.3 Å². The van der Waals surface area contributed by atoms with E-state index in [1.54, 1.807) is 36.5 Å². The molecule has 0 saturated carbocycles. The Hall–Kier alpha value is -1.58. The Balaban J connectivity index is 0. The van der Waals surface area contributed by atoms with Crippen LogP contribution in [0.4, 0.5) is 13.2 Å². The average Bonchev–Trinajstić information content (AvgIpc) is 2.75. The molecule has 0 aliphatic rings. The minimum atomic E-state index is -4.24. The van der Waals surface area contributed by atoms with Crippen LogP contribution in [0.5, 0.6) is 0 Å². The fraction of sp³-hybridized carbons (Fsp3) is 0.333. The third kappa shape index (κ3) is 19.6. The normalized spacial score (nSPS) is 14.7. The Labute approximate surface area is 218 Å². The molecule has 9 heteroatoms. The number of hydrogen-bond donors (Lipinski definition) is 3. The van der Waals surface area contributed by atoms with Crippen molar-refractivity contribution in [1.29, 1.82) is 0 Å². The first-order valence-electron chi connectivity index (χ1n) is 9.73. The summed E-state index contributed by atoms with van der Waals surface area (Å²) >= 11 is 0. The third-order valence-electron chi connectivity index (χ3n) is 3.73. The molecule has 3 N–H and O–H groups in total. The van der Waals surface area contributed by atoms with E-state index in [-0.39, 0.29) is 45.1 Å². The average molecular weight is 543 g/mol. The Morgan fingerprint density at radius 2 is 1.70 bits per heavy atom. The molecule has 1 aromatic carbocycles. The van der Waals surface area contributed by atoms with Crippen molar-refractivity contribution >= 4 is 5.97 Å². The van der Waals surface area contributed by atoms with Crippen LogP contribution in [-0.4, -0.2) is 46.7 Å². The number of esters is 1. The molecule has 181 valence electrons. The summed E-state index contributed by atoms with van der Waals surface area (Å²) in [6, 6.07) is 7.01. The second-order valence-corrected chi connectivity index (χ2v) is 6.42. The van der Waals surface area contributed by atoms with Gasteiger partial charge in [-0.15, -0.1) is 0 Å². The predicted molar refractivity (Wildman–Crippen MR) is 116 cm³/mol. The van der Waals surface area contributed by atoms with Gasteiger partial charge in [0, 0.05) is 39.1 Å². The van der Waals surface area contributed by atoms with E-state index in [0.717, 1.165) is 12.1 Å². The van der Waals surface area contributed by atoms with Crippen molar-refractivity contribution in [3.8, 4) is 0 Å². The standard InChI is InChI=1S/C17H25O5.C7H4F3.Y/c1-14(18)10-7-5-3-4-6-8-11-15(19)16(20)12-9-13-17(21)22-2;8-7(9,10)6-4-2-1-3-5-6;/h3-8,10-11,14-16,18-20H,1,9,12-13H2,2H3;1-2,4-5H;/q2*-1;/b5-3-,6-4+,10-7+,11-8+;;/t14-,15-,16+;;/m1../s1. The summed E-state index contributed by atoms with van der Waals surface area (Å²) in [4.78, 5) is 10.9. The number of halogens is 3. The maximum absolute atomic E-state index is 11.8. The van der Waals surface area contributed by atoms with Crippen LogP contribution in [0.1, 0.15) is 24.8 Å². The van der Waals surface area contributed by atoms with Crippen molar-refractivity contribution < 1.29 is 70.7 Å². The topological polar surface area (TPSA) is 87.0 Å². The summed E-state index contributed by atoms with van der Waals surface area (Å²) in [6.45, 7) is 3.39. The van der Waals surface area contributed by atoms with Gasteiger partial charge >= 0.3 is 12.1 Å². The van der Waals surface area contributed by atoms with Crippen LogP contribution in [0.15, 0.2) is 72.9 Å². The van der Waals surface area contributed by atoms with Gasteiger partial charge in [-0.1, -0.05) is 60.3 Å². The van der Waals surface area contributed by atoms with E-state index < -0.39 is 30.1 Å². The van der Waals surface area contributed by atoms with Gasteiger partial charge in [0.1, 0.15) is 0 Å². The summed E-state index contributed by atoms with van der Waals surface area (Å²) in [5.41, 5.74) is -0.657. The van der Waals surface area contributed by atoms with E-state index in [1.165, 1.54) is 31.4 Å². The van der Waals surface area contributed by atoms with E-state index in [2.05, 4.69) is 17.7 Å². The van der Waals surface area contributed by atoms with Crippen molar-refractivity contribution in [1.82, 2.24) is 0 Å². The number of aliphatic hydroxyl groups is 3. The molecule has 33 heavy (non-hydrogen) atoms. The van der Waals surface area contributed by atoms with Crippen molar-refractivity contribution in [2.45, 2.75) is 43.8 Å². The number of methoxy groups -OCH3 is 1. The molecule has 0 heterocycles. The molecule has 0 spiro atoms. The molecule has 5 nitrogen and oxygen atoms in total. The second-order valence-electron chi connectivity index (χ2n) is 6.42. The molecular formula is C24H29F3O5Y-2. The zero-order valence-electron chi connectivity index (χ0n) is 18.4. The molecule has 0 aromatic heterocycles. The first kappa shape index (κ1) is 33.6. The molecule has 1 radical (unpaired) electrons. The smallest absolute Gasteiger partial charge is 0.370 e. The SMILES string of the molecule is FC(F)(F)c1c[c-]ccc1.[CH2-][C@@H](O)/C=C/C=C\C=C\C=C\[C@@H](O)[C@@H](O)CCCC(=O)OC.[Y]. The number of alkyl halides is 3. The fourth-order valence-electron chi connectivity index (χ4n) is 2.05. The molecule has 0 fully saturated rings. The van der Waals surface area contributed by atoms with Gasteiger partial charge in [0.2, 0.25) is 0 Å². The molecule has 3 atom stereocenters. The van der Waals surface area contributed by atoms with Gasteiger partial charge < -0.3 is 27.0 Å². The van der Waals surface area contributed by atoms with E-state index in [1.807, 2.05) is 0 Å². The number of allylic oxidation sites excluding steroid dienone is 6. The molecular weight excluding hydrogens is 514 g/mol. The Morgan fingerprint density at radius 3 is 2.15 bits per heavy atom. The van der Waals surface area contributed by atoms with Crippen molar-refractivity contribution in [3.05, 3.63) is 91.4 Å². The molecule has 1 aromatic rings. The summed E-state index contributed by atoms with van der Waals surface area (Å²) in [5, 5.41) is 28.3. The first-order chi connectivity index (χ1) is 15.1. The van der Waals surface area contributed by atoms with Crippen LogP contribution in [0, 0.1) is 13.0 Å². The number of ether oxygens (including phenoxy) is 1. The van der Waals surface area contributed by atoms with Gasteiger partial charge in [-0.05, 0) is 12.8 Å². The van der Waals surface area contributed by atoms with Gasteiger partial charge in [0.15, 0.2) is 0 Å². The Morgan fingerprint density at radius 1 is 1.12 bits per heavy atom. The summed E-state index contributed by atoms with van der Waals surface area (Å²) in [7, 11) is 1.31. The minimum Gasteiger partial charge on any atom is -0.469 e. The van der Waals surface area contributed by atoms with Crippen LogP contribution in [-0.2, 0) is 48.4 Å². The number of carbonyl (C=O) groups is 1. The van der Waals surface area contributed by atoms with Crippen molar-refractivity contribution in [2.75, 3.05) is 7.11 Å². The summed E-state index contributed by atoms with van der Waals surface area (Å²) < 4.78 is 39.8. The van der Waals surface area contributed by atoms with Crippen LogP contribution in [0.3, 0.4) is 0 Å². The van der Waals surface area contributed by atoms with E-state index in [0.29, 0.717) is 12.8 Å². The zero-order valence-corrected chi connectivity index (χ0v) is 21.2. The zero-order chi connectivity index (χ0) is 24.4. The number of rotatable bonds is 10. The van der Waals surface area contributed by atoms with E-state index in [4.69, 9.17) is 5.11 Å². The van der Waals surface area contributed by atoms with Gasteiger partial charge in [-0.25, -0.2) is 0 Å². The maximum Gasteiger partial charge on any atom is 0.370 e. The molecule has 0 saturated heterocycles. The molecule has 0 aliphatic heterocycles. The van der Waals surface area contributed by atoms with Crippen LogP contribution in [0.25, 0.3) is 0 Å². The molecule has 0 aliphatic carbocycles. The Kier molecular flexibility index (Phi) is 20.2. The summed E-state index contributed by atoms with van der Waals surface area (Å²) in [6.07, 6.45) is 7.40. The van der Waals surface area contributed by atoms with Gasteiger partial charge in [0.25, 0.3) is 0 Å². The third-order valence-corrected chi connectivity index (χ3v) is 3.73. The van der Waals surface area contributed by atoms with Crippen LogP contribution < -0.4 is 0 Å². The maximum atomic E-state index is 11.8.